The van der Waals surface area contributed by atoms with Gasteiger partial charge in [0.1, 0.15) is 9.88 Å². The van der Waals surface area contributed by atoms with Crippen LogP contribution in [0.25, 0.3) is 10.6 Å². The van der Waals surface area contributed by atoms with Gasteiger partial charge in [-0.2, -0.15) is 0 Å². The average Bonchev–Trinajstić information content (AvgIpc) is 3.04. The number of rotatable bonds is 3. The van der Waals surface area contributed by atoms with E-state index in [1.54, 1.807) is 13.0 Å². The lowest BCUT2D eigenvalue weighted by molar-refractivity contribution is 0.0848. The van der Waals surface area contributed by atoms with Crippen molar-refractivity contribution < 1.29 is 9.59 Å². The van der Waals surface area contributed by atoms with Crippen molar-refractivity contribution in [3.05, 3.63) is 75.8 Å². The molecule has 0 spiro atoms. The van der Waals surface area contributed by atoms with Gasteiger partial charge in [-0.15, -0.1) is 11.3 Å². The molecule has 1 heterocycles. The van der Waals surface area contributed by atoms with Gasteiger partial charge >= 0.3 is 0 Å². The quantitative estimate of drug-likeness (QED) is 0.693. The second-order valence-corrected chi connectivity index (χ2v) is 6.95. The van der Waals surface area contributed by atoms with Crippen LogP contribution in [-0.2, 0) is 0 Å². The second-order valence-electron chi connectivity index (χ2n) is 5.96. The monoisotopic (exact) mass is 365 g/mol. The van der Waals surface area contributed by atoms with E-state index in [-0.39, 0.29) is 11.8 Å². The number of aryl methyl sites for hydroxylation is 2. The smallest absolute Gasteiger partial charge is 0.267 e. The predicted octanol–water partition coefficient (Wildman–Crippen LogP) is 3.81. The molecule has 0 aliphatic rings. The summed E-state index contributed by atoms with van der Waals surface area (Å²) in [5, 5.41) is 0.772. The summed E-state index contributed by atoms with van der Waals surface area (Å²) in [5.41, 5.74) is 9.00. The van der Waals surface area contributed by atoms with Gasteiger partial charge in [0.2, 0.25) is 0 Å². The molecule has 0 unspecified atom stereocenters. The summed E-state index contributed by atoms with van der Waals surface area (Å²) in [6.45, 7) is 5.60. The molecule has 1 aromatic heterocycles. The van der Waals surface area contributed by atoms with Crippen molar-refractivity contribution in [2.24, 2.45) is 0 Å². The van der Waals surface area contributed by atoms with Gasteiger partial charge in [-0.1, -0.05) is 42.5 Å². The summed E-state index contributed by atoms with van der Waals surface area (Å²) >= 11 is 1.30. The van der Waals surface area contributed by atoms with Crippen LogP contribution in [0.2, 0.25) is 0 Å². The zero-order chi connectivity index (χ0) is 18.7. The molecule has 3 rings (SSSR count). The lowest BCUT2D eigenvalue weighted by atomic mass is 10.0. The van der Waals surface area contributed by atoms with Crippen LogP contribution in [0.3, 0.4) is 0 Å². The number of nitrogens with one attached hydrogen (secondary N) is 2. The minimum atomic E-state index is -0.374. The number of aromatic nitrogens is 1. The van der Waals surface area contributed by atoms with Gasteiger partial charge in [0.05, 0.1) is 5.69 Å². The topological polar surface area (TPSA) is 71.1 Å². The van der Waals surface area contributed by atoms with Gasteiger partial charge in [-0.25, -0.2) is 4.98 Å². The maximum atomic E-state index is 12.4. The fraction of sp³-hybridized carbons (Fsp3) is 0.150. The van der Waals surface area contributed by atoms with E-state index in [2.05, 4.69) is 15.8 Å². The highest BCUT2D eigenvalue weighted by Gasteiger charge is 2.17. The lowest BCUT2D eigenvalue weighted by Gasteiger charge is -2.10. The lowest BCUT2D eigenvalue weighted by Crippen LogP contribution is -2.41. The standard InChI is InChI=1S/C20H19N3O2S/c1-12-8-7-11-16(13(12)2)18(24)22-23-19(25)17-14(3)21-20(26-17)15-9-5-4-6-10-15/h4-11H,1-3H3,(H,22,24)(H,23,25). The third-order valence-corrected chi connectivity index (χ3v) is 5.37. The van der Waals surface area contributed by atoms with Crippen molar-refractivity contribution in [2.75, 3.05) is 0 Å². The summed E-state index contributed by atoms with van der Waals surface area (Å²) in [7, 11) is 0. The minimum Gasteiger partial charge on any atom is -0.267 e. The van der Waals surface area contributed by atoms with Crippen molar-refractivity contribution in [1.82, 2.24) is 15.8 Å². The Balaban J connectivity index is 1.72. The molecule has 0 radical (unpaired) electrons. The van der Waals surface area contributed by atoms with Crippen LogP contribution >= 0.6 is 11.3 Å². The molecule has 0 saturated heterocycles. The molecule has 5 nitrogen and oxygen atoms in total. The first kappa shape index (κ1) is 17.8. The maximum absolute atomic E-state index is 12.4. The first-order chi connectivity index (χ1) is 12.5. The number of nitrogens with zero attached hydrogens (tertiary/aromatic N) is 1. The molecule has 2 N–H and O–H groups in total. The zero-order valence-corrected chi connectivity index (χ0v) is 15.6. The van der Waals surface area contributed by atoms with E-state index in [0.717, 1.165) is 21.7 Å². The van der Waals surface area contributed by atoms with Crippen LogP contribution in [0.15, 0.2) is 48.5 Å². The minimum absolute atomic E-state index is 0.343. The molecular weight excluding hydrogens is 346 g/mol. The fourth-order valence-corrected chi connectivity index (χ4v) is 3.51. The molecule has 2 aromatic carbocycles. The number of carbonyl (C=O) groups excluding carboxylic acids is 2. The van der Waals surface area contributed by atoms with Gasteiger partial charge in [-0.05, 0) is 38.0 Å². The Labute approximate surface area is 156 Å². The normalized spacial score (nSPS) is 10.4. The summed E-state index contributed by atoms with van der Waals surface area (Å²) in [6.07, 6.45) is 0. The maximum Gasteiger partial charge on any atom is 0.281 e. The Bertz CT molecular complexity index is 964. The van der Waals surface area contributed by atoms with Crippen LogP contribution < -0.4 is 10.9 Å². The zero-order valence-electron chi connectivity index (χ0n) is 14.8. The first-order valence-electron chi connectivity index (χ1n) is 8.17. The highest BCUT2D eigenvalue weighted by atomic mass is 32.1. The Morgan fingerprint density at radius 2 is 1.58 bits per heavy atom. The van der Waals surface area contributed by atoms with Crippen molar-refractivity contribution in [3.63, 3.8) is 0 Å². The number of carbonyl (C=O) groups is 2. The van der Waals surface area contributed by atoms with Crippen molar-refractivity contribution in [2.45, 2.75) is 20.8 Å². The molecule has 132 valence electrons. The number of benzene rings is 2. The van der Waals surface area contributed by atoms with Gasteiger partial charge < -0.3 is 0 Å². The van der Waals surface area contributed by atoms with Crippen molar-refractivity contribution in [3.8, 4) is 10.6 Å². The highest BCUT2D eigenvalue weighted by Crippen LogP contribution is 2.27. The van der Waals surface area contributed by atoms with Crippen LogP contribution in [-0.4, -0.2) is 16.8 Å². The predicted molar refractivity (Wildman–Crippen MR) is 103 cm³/mol. The molecule has 0 fully saturated rings. The second kappa shape index (κ2) is 7.49. The van der Waals surface area contributed by atoms with E-state index in [9.17, 15) is 9.59 Å². The number of amides is 2. The SMILES string of the molecule is Cc1cccc(C(=O)NNC(=O)c2sc(-c3ccccc3)nc2C)c1C. The first-order valence-corrected chi connectivity index (χ1v) is 8.98. The number of hydrazine groups is 1. The van der Waals surface area contributed by atoms with E-state index in [0.29, 0.717) is 16.1 Å². The third kappa shape index (κ3) is 3.65. The van der Waals surface area contributed by atoms with E-state index in [1.807, 2.05) is 56.3 Å². The average molecular weight is 365 g/mol. The third-order valence-electron chi connectivity index (χ3n) is 4.16. The molecule has 0 saturated carbocycles. The molecule has 0 atom stereocenters. The van der Waals surface area contributed by atoms with Gasteiger partial charge in [0.15, 0.2) is 0 Å². The molecule has 3 aromatic rings. The summed E-state index contributed by atoms with van der Waals surface area (Å²) in [4.78, 5) is 29.7. The number of thiazole rings is 1. The van der Waals surface area contributed by atoms with Crippen molar-refractivity contribution >= 4 is 23.2 Å². The Kier molecular flexibility index (Phi) is 5.14. The van der Waals surface area contributed by atoms with Gasteiger partial charge in [-0.3, -0.25) is 20.4 Å². The molecule has 0 bridgehead atoms. The van der Waals surface area contributed by atoms with Gasteiger partial charge in [0.25, 0.3) is 11.8 Å². The van der Waals surface area contributed by atoms with E-state index in [1.165, 1.54) is 11.3 Å². The number of hydrogen-bond acceptors (Lipinski definition) is 4. The molecule has 0 aliphatic heterocycles. The van der Waals surface area contributed by atoms with Crippen LogP contribution in [0, 0.1) is 20.8 Å². The van der Waals surface area contributed by atoms with E-state index in [4.69, 9.17) is 0 Å². The largest absolute Gasteiger partial charge is 0.281 e. The molecule has 26 heavy (non-hydrogen) atoms. The van der Waals surface area contributed by atoms with Crippen LogP contribution in [0.5, 0.6) is 0 Å². The summed E-state index contributed by atoms with van der Waals surface area (Å²) in [6, 6.07) is 15.2. The summed E-state index contributed by atoms with van der Waals surface area (Å²) in [5.74, 6) is -0.717. The summed E-state index contributed by atoms with van der Waals surface area (Å²) < 4.78 is 0. The Morgan fingerprint density at radius 3 is 2.31 bits per heavy atom. The molecule has 6 heteroatoms. The highest BCUT2D eigenvalue weighted by molar-refractivity contribution is 7.17. The van der Waals surface area contributed by atoms with Crippen molar-refractivity contribution in [1.29, 1.82) is 0 Å². The Morgan fingerprint density at radius 1 is 0.885 bits per heavy atom. The Hall–Kier alpha value is -2.99. The van der Waals surface area contributed by atoms with E-state index < -0.39 is 0 Å². The van der Waals surface area contributed by atoms with Crippen LogP contribution in [0.1, 0.15) is 36.9 Å². The fourth-order valence-electron chi connectivity index (χ4n) is 2.55. The molecule has 0 aliphatic carbocycles. The molecular formula is C20H19N3O2S. The number of hydrogen-bond donors (Lipinski definition) is 2. The molecule has 2 amide bonds. The van der Waals surface area contributed by atoms with Gasteiger partial charge in [0, 0.05) is 11.1 Å². The van der Waals surface area contributed by atoms with Crippen LogP contribution in [0.4, 0.5) is 0 Å². The van der Waals surface area contributed by atoms with E-state index >= 15 is 0 Å².